The normalized spacial score (nSPS) is 19.4. The number of hydrogen-bond acceptors (Lipinski definition) is 1. The SMILES string of the molecule is CCCCN(Cc1ccccc1)C(=O)C1CC[NH+](Cc2cccc(C)c2)CC1. The molecule has 0 radical (unpaired) electrons. The van der Waals surface area contributed by atoms with E-state index in [1.165, 1.54) is 16.7 Å². The first kappa shape index (κ1) is 20.6. The van der Waals surface area contributed by atoms with Crippen LogP contribution in [0.25, 0.3) is 0 Å². The van der Waals surface area contributed by atoms with Crippen LogP contribution in [0.1, 0.15) is 49.3 Å². The molecule has 2 aromatic carbocycles. The fourth-order valence-electron chi connectivity index (χ4n) is 4.24. The molecule has 1 amide bonds. The molecule has 1 aliphatic heterocycles. The van der Waals surface area contributed by atoms with Crippen molar-refractivity contribution in [1.82, 2.24) is 4.90 Å². The van der Waals surface area contributed by atoms with Crippen molar-refractivity contribution in [3.05, 3.63) is 71.3 Å². The van der Waals surface area contributed by atoms with E-state index in [1.54, 1.807) is 4.90 Å². The van der Waals surface area contributed by atoms with E-state index in [0.29, 0.717) is 5.91 Å². The van der Waals surface area contributed by atoms with E-state index in [1.807, 2.05) is 6.07 Å². The number of nitrogens with zero attached hydrogens (tertiary/aromatic N) is 1. The van der Waals surface area contributed by atoms with Gasteiger partial charge in [0.05, 0.1) is 13.1 Å². The quantitative estimate of drug-likeness (QED) is 0.744. The van der Waals surface area contributed by atoms with Crippen molar-refractivity contribution in [3.63, 3.8) is 0 Å². The molecular formula is C25H35N2O+. The number of nitrogens with one attached hydrogen (secondary N) is 1. The smallest absolute Gasteiger partial charge is 0.226 e. The summed E-state index contributed by atoms with van der Waals surface area (Å²) in [6, 6.07) is 19.2. The van der Waals surface area contributed by atoms with Gasteiger partial charge in [0, 0.05) is 37.4 Å². The molecule has 0 unspecified atom stereocenters. The fraction of sp³-hybridized carbons (Fsp3) is 0.480. The number of hydrogen-bond donors (Lipinski definition) is 1. The van der Waals surface area contributed by atoms with Crippen LogP contribution in [0.15, 0.2) is 54.6 Å². The molecule has 1 fully saturated rings. The number of rotatable bonds is 8. The van der Waals surface area contributed by atoms with Gasteiger partial charge in [-0.25, -0.2) is 0 Å². The van der Waals surface area contributed by atoms with Crippen molar-refractivity contribution in [1.29, 1.82) is 0 Å². The van der Waals surface area contributed by atoms with Gasteiger partial charge in [-0.1, -0.05) is 73.5 Å². The van der Waals surface area contributed by atoms with Gasteiger partial charge in [0.15, 0.2) is 0 Å². The summed E-state index contributed by atoms with van der Waals surface area (Å²) in [7, 11) is 0. The summed E-state index contributed by atoms with van der Waals surface area (Å²) in [5, 5.41) is 0. The average Bonchev–Trinajstić information content (AvgIpc) is 2.72. The highest BCUT2D eigenvalue weighted by Gasteiger charge is 2.30. The summed E-state index contributed by atoms with van der Waals surface area (Å²) in [6.45, 7) is 9.23. The molecule has 28 heavy (non-hydrogen) atoms. The summed E-state index contributed by atoms with van der Waals surface area (Å²) in [6.07, 6.45) is 4.22. The number of likely N-dealkylation sites (tertiary alicyclic amines) is 1. The molecule has 1 aliphatic rings. The molecule has 2 aromatic rings. The van der Waals surface area contributed by atoms with Crippen molar-refractivity contribution < 1.29 is 9.69 Å². The van der Waals surface area contributed by atoms with Crippen LogP contribution in [0.4, 0.5) is 0 Å². The predicted octanol–water partition coefficient (Wildman–Crippen LogP) is 3.62. The Balaban J connectivity index is 1.55. The van der Waals surface area contributed by atoms with Crippen molar-refractivity contribution in [2.75, 3.05) is 19.6 Å². The second kappa shape index (κ2) is 10.4. The predicted molar refractivity (Wildman–Crippen MR) is 115 cm³/mol. The molecule has 1 N–H and O–H groups in total. The molecule has 150 valence electrons. The monoisotopic (exact) mass is 379 g/mol. The van der Waals surface area contributed by atoms with Crippen LogP contribution in [0.5, 0.6) is 0 Å². The molecule has 0 atom stereocenters. The van der Waals surface area contributed by atoms with Gasteiger partial charge in [-0.15, -0.1) is 0 Å². The Labute approximate surface area is 170 Å². The van der Waals surface area contributed by atoms with Gasteiger partial charge in [0.1, 0.15) is 6.54 Å². The Morgan fingerprint density at radius 2 is 1.75 bits per heavy atom. The van der Waals surface area contributed by atoms with Crippen molar-refractivity contribution in [2.24, 2.45) is 5.92 Å². The molecule has 1 saturated heterocycles. The van der Waals surface area contributed by atoms with Crippen LogP contribution in [-0.2, 0) is 17.9 Å². The number of unbranched alkanes of at least 4 members (excludes halogenated alkanes) is 1. The number of carbonyl (C=O) groups is 1. The lowest BCUT2D eigenvalue weighted by molar-refractivity contribution is -0.919. The van der Waals surface area contributed by atoms with E-state index >= 15 is 0 Å². The second-order valence-corrected chi connectivity index (χ2v) is 8.29. The van der Waals surface area contributed by atoms with Crippen LogP contribution < -0.4 is 4.90 Å². The molecule has 3 nitrogen and oxygen atoms in total. The van der Waals surface area contributed by atoms with E-state index in [0.717, 1.165) is 58.4 Å². The molecule has 1 heterocycles. The zero-order valence-electron chi connectivity index (χ0n) is 17.5. The third kappa shape index (κ3) is 5.93. The maximum Gasteiger partial charge on any atom is 0.226 e. The topological polar surface area (TPSA) is 24.8 Å². The number of piperidine rings is 1. The molecular weight excluding hydrogens is 344 g/mol. The second-order valence-electron chi connectivity index (χ2n) is 8.29. The van der Waals surface area contributed by atoms with Gasteiger partial charge in [-0.2, -0.15) is 0 Å². The van der Waals surface area contributed by atoms with Crippen LogP contribution in [0, 0.1) is 12.8 Å². The maximum absolute atomic E-state index is 13.2. The van der Waals surface area contributed by atoms with Gasteiger partial charge in [-0.3, -0.25) is 4.79 Å². The first-order valence-corrected chi connectivity index (χ1v) is 10.9. The highest BCUT2D eigenvalue weighted by molar-refractivity contribution is 5.78. The first-order chi connectivity index (χ1) is 13.7. The average molecular weight is 380 g/mol. The van der Waals surface area contributed by atoms with E-state index in [9.17, 15) is 4.79 Å². The number of benzene rings is 2. The Morgan fingerprint density at radius 1 is 1.04 bits per heavy atom. The summed E-state index contributed by atoms with van der Waals surface area (Å²) in [4.78, 5) is 17.0. The minimum Gasteiger partial charge on any atom is -0.338 e. The lowest BCUT2D eigenvalue weighted by atomic mass is 9.94. The van der Waals surface area contributed by atoms with E-state index in [-0.39, 0.29) is 5.92 Å². The maximum atomic E-state index is 13.2. The minimum absolute atomic E-state index is 0.196. The number of carbonyl (C=O) groups excluding carboxylic acids is 1. The van der Waals surface area contributed by atoms with Crippen LogP contribution in [0.3, 0.4) is 0 Å². The summed E-state index contributed by atoms with van der Waals surface area (Å²) < 4.78 is 0. The molecule has 0 aliphatic carbocycles. The Kier molecular flexibility index (Phi) is 7.67. The molecule has 3 heteroatoms. The van der Waals surface area contributed by atoms with Crippen LogP contribution in [-0.4, -0.2) is 30.4 Å². The lowest BCUT2D eigenvalue weighted by Crippen LogP contribution is -3.11. The third-order valence-electron chi connectivity index (χ3n) is 5.89. The Hall–Kier alpha value is -2.13. The first-order valence-electron chi connectivity index (χ1n) is 10.9. The Morgan fingerprint density at radius 3 is 2.43 bits per heavy atom. The lowest BCUT2D eigenvalue weighted by Gasteiger charge is -2.32. The van der Waals surface area contributed by atoms with Crippen LogP contribution in [0.2, 0.25) is 0 Å². The minimum atomic E-state index is 0.196. The molecule has 3 rings (SSSR count). The third-order valence-corrected chi connectivity index (χ3v) is 5.89. The summed E-state index contributed by atoms with van der Waals surface area (Å²) >= 11 is 0. The largest absolute Gasteiger partial charge is 0.338 e. The molecule has 0 saturated carbocycles. The van der Waals surface area contributed by atoms with Crippen molar-refractivity contribution in [2.45, 2.75) is 52.6 Å². The zero-order valence-corrected chi connectivity index (χ0v) is 17.5. The standard InChI is InChI=1S/C25H34N2O/c1-3-4-15-27(20-22-10-6-5-7-11-22)25(28)24-13-16-26(17-14-24)19-23-12-8-9-21(2)18-23/h5-12,18,24H,3-4,13-17,19-20H2,1-2H3/p+1. The van der Waals surface area contributed by atoms with Gasteiger partial charge in [0.25, 0.3) is 0 Å². The molecule has 0 spiro atoms. The van der Waals surface area contributed by atoms with Crippen molar-refractivity contribution >= 4 is 5.91 Å². The zero-order chi connectivity index (χ0) is 19.8. The van der Waals surface area contributed by atoms with Gasteiger partial charge in [-0.05, 0) is 18.9 Å². The van der Waals surface area contributed by atoms with Gasteiger partial charge in [0.2, 0.25) is 5.91 Å². The molecule has 0 bridgehead atoms. The number of quaternary nitrogens is 1. The van der Waals surface area contributed by atoms with E-state index < -0.39 is 0 Å². The van der Waals surface area contributed by atoms with Gasteiger partial charge < -0.3 is 9.80 Å². The number of amides is 1. The highest BCUT2D eigenvalue weighted by atomic mass is 16.2. The summed E-state index contributed by atoms with van der Waals surface area (Å²) in [5.41, 5.74) is 3.97. The Bertz CT molecular complexity index is 735. The highest BCUT2D eigenvalue weighted by Crippen LogP contribution is 2.17. The van der Waals surface area contributed by atoms with Crippen molar-refractivity contribution in [3.8, 4) is 0 Å². The van der Waals surface area contributed by atoms with Gasteiger partial charge >= 0.3 is 0 Å². The van der Waals surface area contributed by atoms with E-state index in [4.69, 9.17) is 0 Å². The fourth-order valence-corrected chi connectivity index (χ4v) is 4.24. The number of aryl methyl sites for hydroxylation is 1. The summed E-state index contributed by atoms with van der Waals surface area (Å²) in [5.74, 6) is 0.564. The van der Waals surface area contributed by atoms with E-state index in [2.05, 4.69) is 67.3 Å². The van der Waals surface area contributed by atoms with Crippen LogP contribution >= 0.6 is 0 Å². The molecule has 0 aromatic heterocycles.